The number of amides is 3. The Morgan fingerprint density at radius 2 is 1.69 bits per heavy atom. The molecule has 1 N–H and O–H groups in total. The second kappa shape index (κ2) is 17.9. The van der Waals surface area contributed by atoms with E-state index < -0.39 is 39.6 Å². The molecule has 5 rings (SSSR count). The molecular formula is C37H45N5O6S3. The van der Waals surface area contributed by atoms with E-state index in [1.807, 2.05) is 79.9 Å². The third-order valence-electron chi connectivity index (χ3n) is 8.79. The molecule has 1 aliphatic rings. The second-order valence-electron chi connectivity index (χ2n) is 13.4. The molecule has 0 saturated carbocycles. The SMILES string of the molecule is CC(C)c1nc(CN(C)C(=O)N2CS(=O)(=O)C[C@H]2C(=O)C[C@H](CC[C@H](Cc2ccccc2)NC(=O)OCc2cncs2)Cc2ccccc2)cs1. The Hall–Kier alpha value is -4.14. The minimum absolute atomic E-state index is 0.0836. The van der Waals surface area contributed by atoms with Crippen LogP contribution in [0.5, 0.6) is 0 Å². The van der Waals surface area contributed by atoms with Gasteiger partial charge in [-0.05, 0) is 42.7 Å². The lowest BCUT2D eigenvalue weighted by atomic mass is 9.86. The highest BCUT2D eigenvalue weighted by atomic mass is 32.2. The van der Waals surface area contributed by atoms with Gasteiger partial charge in [0.05, 0.1) is 33.4 Å². The van der Waals surface area contributed by atoms with Gasteiger partial charge in [-0.25, -0.2) is 23.0 Å². The molecule has 0 aliphatic carbocycles. The first-order valence-corrected chi connectivity index (χ1v) is 20.6. The van der Waals surface area contributed by atoms with E-state index in [1.54, 1.807) is 18.8 Å². The van der Waals surface area contributed by atoms with E-state index in [0.717, 1.165) is 26.7 Å². The summed E-state index contributed by atoms with van der Waals surface area (Å²) >= 11 is 2.93. The molecule has 0 spiro atoms. The number of alkyl carbamates (subject to hydrolysis) is 1. The highest BCUT2D eigenvalue weighted by molar-refractivity contribution is 7.91. The molecule has 2 aromatic carbocycles. The fraction of sp³-hybridized carbons (Fsp3) is 0.432. The van der Waals surface area contributed by atoms with Gasteiger partial charge in [0.25, 0.3) is 0 Å². The number of nitrogens with one attached hydrogen (secondary N) is 1. The fourth-order valence-corrected chi connectivity index (χ4v) is 9.19. The van der Waals surface area contributed by atoms with Crippen molar-refractivity contribution in [1.29, 1.82) is 0 Å². The number of urea groups is 1. The number of rotatable bonds is 16. The lowest BCUT2D eigenvalue weighted by Gasteiger charge is -2.28. The minimum Gasteiger partial charge on any atom is -0.444 e. The van der Waals surface area contributed by atoms with Gasteiger partial charge in [0, 0.05) is 37.0 Å². The monoisotopic (exact) mass is 751 g/mol. The Bertz CT molecular complexity index is 1830. The number of thiazole rings is 2. The van der Waals surface area contributed by atoms with Crippen molar-refractivity contribution < 1.29 is 27.5 Å². The molecule has 1 fully saturated rings. The molecule has 1 aliphatic heterocycles. The van der Waals surface area contributed by atoms with Crippen molar-refractivity contribution in [3.05, 3.63) is 104 Å². The smallest absolute Gasteiger partial charge is 0.407 e. The van der Waals surface area contributed by atoms with E-state index in [2.05, 4.69) is 15.3 Å². The van der Waals surface area contributed by atoms with Crippen LogP contribution >= 0.6 is 22.7 Å². The number of hydrogen-bond acceptors (Lipinski definition) is 10. The van der Waals surface area contributed by atoms with Crippen molar-refractivity contribution in [3.63, 3.8) is 0 Å². The predicted molar refractivity (Wildman–Crippen MR) is 199 cm³/mol. The van der Waals surface area contributed by atoms with Crippen molar-refractivity contribution in [1.82, 2.24) is 25.1 Å². The number of ether oxygens (including phenoxy) is 1. The standard InChI is InChI=1S/C37H45N5O6S3/c1-26(2)35-39-31(22-49-35)20-41(3)37(45)42-25-51(46,47)23-33(42)34(43)18-29(16-27-10-6-4-7-11-27)14-15-30(17-28-12-8-5-9-13-28)40-36(44)48-21-32-19-38-24-50-32/h4-13,19,22,24,26,29-30,33H,14-18,20-21,23,25H2,1-3H3,(H,40,44)/t29-,30-,33+/m1/s1. The van der Waals surface area contributed by atoms with Crippen LogP contribution in [0.1, 0.15) is 65.7 Å². The number of sulfone groups is 1. The molecule has 11 nitrogen and oxygen atoms in total. The van der Waals surface area contributed by atoms with E-state index >= 15 is 0 Å². The third-order valence-corrected chi connectivity index (χ3v) is 12.2. The molecule has 51 heavy (non-hydrogen) atoms. The van der Waals surface area contributed by atoms with Crippen molar-refractivity contribution in [2.24, 2.45) is 5.92 Å². The van der Waals surface area contributed by atoms with Crippen LogP contribution in [0.4, 0.5) is 9.59 Å². The van der Waals surface area contributed by atoms with Crippen LogP contribution in [0.3, 0.4) is 0 Å². The summed E-state index contributed by atoms with van der Waals surface area (Å²) in [7, 11) is -2.06. The molecule has 14 heteroatoms. The van der Waals surface area contributed by atoms with Gasteiger partial charge in [0.15, 0.2) is 15.6 Å². The highest BCUT2D eigenvalue weighted by Crippen LogP contribution is 2.27. The van der Waals surface area contributed by atoms with Crippen LogP contribution < -0.4 is 5.32 Å². The summed E-state index contributed by atoms with van der Waals surface area (Å²) in [6.45, 7) is 4.43. The van der Waals surface area contributed by atoms with Crippen LogP contribution in [0.2, 0.25) is 0 Å². The number of hydrogen-bond donors (Lipinski definition) is 1. The van der Waals surface area contributed by atoms with Gasteiger partial charge in [-0.3, -0.25) is 14.7 Å². The largest absolute Gasteiger partial charge is 0.444 e. The predicted octanol–water partition coefficient (Wildman–Crippen LogP) is 6.47. The van der Waals surface area contributed by atoms with Crippen LogP contribution in [-0.2, 0) is 45.4 Å². The zero-order valence-corrected chi connectivity index (χ0v) is 31.6. The van der Waals surface area contributed by atoms with Gasteiger partial charge < -0.3 is 15.0 Å². The normalized spacial score (nSPS) is 16.5. The minimum atomic E-state index is -3.66. The summed E-state index contributed by atoms with van der Waals surface area (Å²) < 4.78 is 31.2. The molecule has 0 bridgehead atoms. The summed E-state index contributed by atoms with van der Waals surface area (Å²) in [5, 5.41) is 5.88. The van der Waals surface area contributed by atoms with E-state index in [4.69, 9.17) is 4.74 Å². The van der Waals surface area contributed by atoms with Gasteiger partial charge >= 0.3 is 12.1 Å². The van der Waals surface area contributed by atoms with Gasteiger partial charge in [0.2, 0.25) is 0 Å². The Balaban J connectivity index is 1.29. The molecule has 3 atom stereocenters. The molecule has 272 valence electrons. The number of benzene rings is 2. The summed E-state index contributed by atoms with van der Waals surface area (Å²) in [6.07, 6.45) is 3.48. The molecule has 3 heterocycles. The number of carbonyl (C=O) groups is 3. The van der Waals surface area contributed by atoms with Gasteiger partial charge in [-0.15, -0.1) is 22.7 Å². The molecule has 3 amide bonds. The van der Waals surface area contributed by atoms with Gasteiger partial charge in [-0.2, -0.15) is 0 Å². The van der Waals surface area contributed by atoms with Crippen LogP contribution in [0, 0.1) is 5.92 Å². The molecular weight excluding hydrogens is 707 g/mol. The number of ketones is 1. The molecule has 2 aromatic heterocycles. The summed E-state index contributed by atoms with van der Waals surface area (Å²) in [4.78, 5) is 52.7. The van der Waals surface area contributed by atoms with Crippen molar-refractivity contribution in [2.45, 2.75) is 77.1 Å². The topological polar surface area (TPSA) is 139 Å². The van der Waals surface area contributed by atoms with E-state index in [9.17, 15) is 22.8 Å². The van der Waals surface area contributed by atoms with Crippen LogP contribution in [0.25, 0.3) is 0 Å². The lowest BCUT2D eigenvalue weighted by molar-refractivity contribution is -0.123. The lowest BCUT2D eigenvalue weighted by Crippen LogP contribution is -2.47. The zero-order valence-electron chi connectivity index (χ0n) is 29.1. The van der Waals surface area contributed by atoms with E-state index in [-0.39, 0.29) is 43.2 Å². The first-order valence-electron chi connectivity index (χ1n) is 17.0. The van der Waals surface area contributed by atoms with Crippen molar-refractivity contribution >= 4 is 50.4 Å². The quantitative estimate of drug-likeness (QED) is 0.138. The van der Waals surface area contributed by atoms with E-state index in [1.165, 1.54) is 32.5 Å². The summed E-state index contributed by atoms with van der Waals surface area (Å²) in [6, 6.07) is 17.8. The maximum Gasteiger partial charge on any atom is 0.407 e. The molecule has 4 aromatic rings. The Kier molecular flexibility index (Phi) is 13.4. The summed E-state index contributed by atoms with van der Waals surface area (Å²) in [5.41, 5.74) is 4.50. The van der Waals surface area contributed by atoms with Gasteiger partial charge in [-0.1, -0.05) is 74.5 Å². The van der Waals surface area contributed by atoms with Gasteiger partial charge in [0.1, 0.15) is 18.5 Å². The number of nitrogens with zero attached hydrogens (tertiary/aromatic N) is 4. The van der Waals surface area contributed by atoms with E-state index in [0.29, 0.717) is 25.7 Å². The maximum atomic E-state index is 14.0. The average Bonchev–Trinajstić information content (AvgIpc) is 3.87. The number of carbonyl (C=O) groups excluding carboxylic acids is 3. The third kappa shape index (κ3) is 11.4. The van der Waals surface area contributed by atoms with Crippen LogP contribution in [-0.4, -0.2) is 76.9 Å². The Labute approximate surface area is 308 Å². The number of Topliss-reactive ketones (excluding diaryl/α,β-unsaturated/α-hetero) is 1. The summed E-state index contributed by atoms with van der Waals surface area (Å²) in [5.74, 6) is -1.10. The molecule has 0 radical (unpaired) electrons. The second-order valence-corrected chi connectivity index (χ2v) is 17.3. The van der Waals surface area contributed by atoms with Crippen molar-refractivity contribution in [2.75, 3.05) is 18.7 Å². The fourth-order valence-electron chi connectivity index (χ4n) is 6.19. The Morgan fingerprint density at radius 3 is 2.31 bits per heavy atom. The highest BCUT2D eigenvalue weighted by Gasteiger charge is 2.43. The Morgan fingerprint density at radius 1 is 1.00 bits per heavy atom. The first kappa shape index (κ1) is 38.1. The van der Waals surface area contributed by atoms with Crippen LogP contribution in [0.15, 0.2) is 77.8 Å². The maximum absolute atomic E-state index is 14.0. The molecule has 1 saturated heterocycles. The average molecular weight is 752 g/mol. The first-order chi connectivity index (χ1) is 24.5. The zero-order chi connectivity index (χ0) is 36.4. The van der Waals surface area contributed by atoms with Crippen molar-refractivity contribution in [3.8, 4) is 0 Å². The number of aromatic nitrogens is 2. The molecule has 0 unspecified atom stereocenters.